The molecule has 0 saturated heterocycles. The maximum Gasteiger partial charge on any atom is 0.271 e. The Morgan fingerprint density at radius 2 is 1.57 bits per heavy atom. The van der Waals surface area contributed by atoms with Crippen LogP contribution in [0.15, 0.2) is 71.8 Å². The number of nitrogens with one attached hydrogen (secondary N) is 1. The molecule has 0 radical (unpaired) electrons. The van der Waals surface area contributed by atoms with Crippen molar-refractivity contribution in [1.82, 2.24) is 5.43 Å². The molecule has 0 spiro atoms. The van der Waals surface area contributed by atoms with Crippen LogP contribution in [0.4, 0.5) is 0 Å². The van der Waals surface area contributed by atoms with Crippen LogP contribution in [0.2, 0.25) is 0 Å². The van der Waals surface area contributed by atoms with E-state index < -0.39 is 0 Å². The summed E-state index contributed by atoms with van der Waals surface area (Å²) in [6.45, 7) is 3.67. The lowest BCUT2D eigenvalue weighted by Crippen LogP contribution is -2.17. The molecule has 1 N–H and O–H groups in total. The second-order valence-corrected chi connectivity index (χ2v) is 9.34. The molecule has 196 valence electrons. The van der Waals surface area contributed by atoms with Gasteiger partial charge in [0.15, 0.2) is 11.5 Å². The predicted octanol–water partition coefficient (Wildman–Crippen LogP) is 6.48. The highest BCUT2D eigenvalue weighted by Gasteiger charge is 2.12. The van der Waals surface area contributed by atoms with Crippen LogP contribution in [0.25, 0.3) is 0 Å². The number of benzene rings is 3. The van der Waals surface area contributed by atoms with Crippen LogP contribution < -0.4 is 24.4 Å². The van der Waals surface area contributed by atoms with Gasteiger partial charge in [0.05, 0.1) is 23.5 Å². The van der Waals surface area contributed by atoms with E-state index >= 15 is 0 Å². The molecule has 7 nitrogen and oxygen atoms in total. The van der Waals surface area contributed by atoms with E-state index in [1.54, 1.807) is 43.7 Å². The number of hydrogen-bond acceptors (Lipinski definition) is 6. The molecule has 0 saturated carbocycles. The van der Waals surface area contributed by atoms with Crippen LogP contribution >= 0.6 is 22.6 Å². The number of hydrogen-bond donors (Lipinski definition) is 1. The van der Waals surface area contributed by atoms with Crippen LogP contribution in [-0.4, -0.2) is 39.1 Å². The molecule has 0 aromatic heterocycles. The molecule has 0 bridgehead atoms. The zero-order chi connectivity index (χ0) is 26.3. The minimum atomic E-state index is -0.275. The Bertz CT molecular complexity index is 1140. The molecule has 0 aliphatic rings. The fourth-order valence-corrected chi connectivity index (χ4v) is 4.21. The number of unbranched alkanes of at least 4 members (excludes halogenated alkanes) is 3. The van der Waals surface area contributed by atoms with Gasteiger partial charge in [0.1, 0.15) is 24.7 Å². The summed E-state index contributed by atoms with van der Waals surface area (Å²) in [5.41, 5.74) is 3.84. The molecular formula is C29H33IN2O5. The van der Waals surface area contributed by atoms with Gasteiger partial charge < -0.3 is 18.9 Å². The number of carbonyl (C=O) groups is 1. The van der Waals surface area contributed by atoms with E-state index in [1.165, 1.54) is 19.3 Å². The van der Waals surface area contributed by atoms with Crippen molar-refractivity contribution in [2.45, 2.75) is 32.6 Å². The Labute approximate surface area is 232 Å². The molecule has 3 aromatic rings. The summed E-state index contributed by atoms with van der Waals surface area (Å²) >= 11 is 2.19. The molecule has 0 aliphatic carbocycles. The Hall–Kier alpha value is -3.27. The number of methoxy groups -OCH3 is 1. The first-order chi connectivity index (χ1) is 18.1. The highest BCUT2D eigenvalue weighted by Crippen LogP contribution is 2.33. The summed E-state index contributed by atoms with van der Waals surface area (Å²) in [5.74, 6) is 2.53. The lowest BCUT2D eigenvalue weighted by atomic mass is 10.2. The van der Waals surface area contributed by atoms with E-state index in [0.29, 0.717) is 30.3 Å². The van der Waals surface area contributed by atoms with E-state index in [4.69, 9.17) is 18.9 Å². The normalized spacial score (nSPS) is 10.8. The van der Waals surface area contributed by atoms with Crippen LogP contribution in [0.3, 0.4) is 0 Å². The molecular weight excluding hydrogens is 583 g/mol. The summed E-state index contributed by atoms with van der Waals surface area (Å²) in [4.78, 5) is 12.1. The van der Waals surface area contributed by atoms with E-state index in [9.17, 15) is 4.79 Å². The molecule has 0 atom stereocenters. The van der Waals surface area contributed by atoms with E-state index in [-0.39, 0.29) is 5.91 Å². The third-order valence-electron chi connectivity index (χ3n) is 5.36. The first kappa shape index (κ1) is 28.3. The molecule has 3 aromatic carbocycles. The first-order valence-corrected chi connectivity index (χ1v) is 13.4. The fraction of sp³-hybridized carbons (Fsp3) is 0.310. The molecule has 0 unspecified atom stereocenters. The molecule has 3 rings (SSSR count). The summed E-state index contributed by atoms with van der Waals surface area (Å²) in [7, 11) is 1.58. The number of nitrogens with zero attached hydrogens (tertiary/aromatic N) is 1. The van der Waals surface area contributed by atoms with Gasteiger partial charge in [0.2, 0.25) is 0 Å². The van der Waals surface area contributed by atoms with Crippen LogP contribution in [0.1, 0.15) is 48.5 Å². The Kier molecular flexibility index (Phi) is 12.1. The lowest BCUT2D eigenvalue weighted by Gasteiger charge is -2.14. The van der Waals surface area contributed by atoms with E-state index in [1.807, 2.05) is 36.4 Å². The summed E-state index contributed by atoms with van der Waals surface area (Å²) in [6.07, 6.45) is 6.31. The molecule has 37 heavy (non-hydrogen) atoms. The van der Waals surface area contributed by atoms with Crippen molar-refractivity contribution in [2.75, 3.05) is 26.9 Å². The topological polar surface area (TPSA) is 78.4 Å². The predicted molar refractivity (Wildman–Crippen MR) is 154 cm³/mol. The van der Waals surface area contributed by atoms with Crippen molar-refractivity contribution >= 4 is 34.7 Å². The average molecular weight is 616 g/mol. The molecule has 8 heteroatoms. The van der Waals surface area contributed by atoms with Gasteiger partial charge in [0.25, 0.3) is 5.91 Å². The first-order valence-electron chi connectivity index (χ1n) is 12.3. The third kappa shape index (κ3) is 9.60. The summed E-state index contributed by atoms with van der Waals surface area (Å²) in [5, 5.41) is 4.05. The minimum absolute atomic E-state index is 0.275. The largest absolute Gasteiger partial charge is 0.494 e. The van der Waals surface area contributed by atoms with Gasteiger partial charge in [-0.05, 0) is 83.1 Å². The van der Waals surface area contributed by atoms with Gasteiger partial charge >= 0.3 is 0 Å². The van der Waals surface area contributed by atoms with Gasteiger partial charge in [-0.15, -0.1) is 0 Å². The van der Waals surface area contributed by atoms with Gasteiger partial charge in [-0.25, -0.2) is 5.43 Å². The van der Waals surface area contributed by atoms with Gasteiger partial charge in [0, 0.05) is 5.56 Å². The van der Waals surface area contributed by atoms with E-state index in [2.05, 4.69) is 40.0 Å². The fourth-order valence-electron chi connectivity index (χ4n) is 3.43. The average Bonchev–Trinajstić information content (AvgIpc) is 2.92. The molecule has 0 aliphatic heterocycles. The third-order valence-corrected chi connectivity index (χ3v) is 6.16. The summed E-state index contributed by atoms with van der Waals surface area (Å²) in [6, 6.07) is 20.3. The quantitative estimate of drug-likeness (QED) is 0.0916. The maximum absolute atomic E-state index is 12.1. The number of ether oxygens (including phenoxy) is 4. The van der Waals surface area contributed by atoms with Crippen LogP contribution in [0.5, 0.6) is 23.0 Å². The van der Waals surface area contributed by atoms with E-state index in [0.717, 1.165) is 33.7 Å². The van der Waals surface area contributed by atoms with Crippen molar-refractivity contribution in [3.05, 3.63) is 81.4 Å². The highest BCUT2D eigenvalue weighted by molar-refractivity contribution is 14.1. The van der Waals surface area contributed by atoms with Gasteiger partial charge in [-0.2, -0.15) is 5.10 Å². The zero-order valence-electron chi connectivity index (χ0n) is 21.2. The van der Waals surface area contributed by atoms with Crippen molar-refractivity contribution in [2.24, 2.45) is 5.10 Å². The Morgan fingerprint density at radius 3 is 2.24 bits per heavy atom. The number of amides is 1. The van der Waals surface area contributed by atoms with Crippen LogP contribution in [-0.2, 0) is 0 Å². The standard InChI is InChI=1S/C29H33IN2O5/c1-3-4-5-9-16-35-24-12-14-25(15-13-24)36-17-18-37-28-26(30)19-22(20-27(28)34-2)21-31-32-29(33)23-10-7-6-8-11-23/h6-8,10-15,19-21H,3-5,9,16-18H2,1-2H3,(H,32,33)/b31-21+. The molecule has 0 heterocycles. The SMILES string of the molecule is CCCCCCOc1ccc(OCCOc2c(I)cc(/C=N/NC(=O)c3ccccc3)cc2OC)cc1. The summed E-state index contributed by atoms with van der Waals surface area (Å²) < 4.78 is 23.9. The lowest BCUT2D eigenvalue weighted by molar-refractivity contribution is 0.0955. The zero-order valence-corrected chi connectivity index (χ0v) is 23.4. The second-order valence-electron chi connectivity index (χ2n) is 8.18. The Balaban J connectivity index is 1.46. The number of rotatable bonds is 15. The molecule has 0 fully saturated rings. The number of carbonyl (C=O) groups excluding carboxylic acids is 1. The van der Waals surface area contributed by atoms with Crippen molar-refractivity contribution in [1.29, 1.82) is 0 Å². The van der Waals surface area contributed by atoms with Crippen molar-refractivity contribution in [3.8, 4) is 23.0 Å². The van der Waals surface area contributed by atoms with Gasteiger partial charge in [-0.1, -0.05) is 44.4 Å². The smallest absolute Gasteiger partial charge is 0.271 e. The number of halogens is 1. The second kappa shape index (κ2) is 15.8. The minimum Gasteiger partial charge on any atom is -0.494 e. The Morgan fingerprint density at radius 1 is 0.892 bits per heavy atom. The van der Waals surface area contributed by atoms with Crippen LogP contribution in [0, 0.1) is 3.57 Å². The highest BCUT2D eigenvalue weighted by atomic mass is 127. The van der Waals surface area contributed by atoms with Crippen molar-refractivity contribution in [3.63, 3.8) is 0 Å². The van der Waals surface area contributed by atoms with Gasteiger partial charge in [-0.3, -0.25) is 4.79 Å². The maximum atomic E-state index is 12.1. The molecule has 1 amide bonds. The monoisotopic (exact) mass is 616 g/mol. The number of hydrazone groups is 1. The van der Waals surface area contributed by atoms with Crippen molar-refractivity contribution < 1.29 is 23.7 Å².